The Hall–Kier alpha value is -0.130. The summed E-state index contributed by atoms with van der Waals surface area (Å²) in [6, 6.07) is 0.609. The first-order valence-corrected chi connectivity index (χ1v) is 9.96. The van der Waals surface area contributed by atoms with Crippen LogP contribution >= 0.6 is 0 Å². The van der Waals surface area contributed by atoms with E-state index in [1.165, 1.54) is 19.3 Å². The van der Waals surface area contributed by atoms with Gasteiger partial charge in [0.1, 0.15) is 9.84 Å². The molecule has 0 amide bonds. The van der Waals surface area contributed by atoms with Crippen molar-refractivity contribution in [3.05, 3.63) is 0 Å². The molecule has 1 heterocycles. The molecule has 0 aromatic heterocycles. The minimum absolute atomic E-state index is 0.273. The van der Waals surface area contributed by atoms with Crippen LogP contribution in [-0.4, -0.2) is 57.0 Å². The quantitative estimate of drug-likeness (QED) is 0.707. The summed E-state index contributed by atoms with van der Waals surface area (Å²) in [6.45, 7) is 10.5. The summed E-state index contributed by atoms with van der Waals surface area (Å²) in [4.78, 5) is 2.42. The van der Waals surface area contributed by atoms with Crippen LogP contribution in [0.5, 0.6) is 0 Å². The van der Waals surface area contributed by atoms with Crippen LogP contribution in [0.15, 0.2) is 0 Å². The maximum atomic E-state index is 11.5. The summed E-state index contributed by atoms with van der Waals surface area (Å²) in [5.74, 6) is 1.39. The van der Waals surface area contributed by atoms with Crippen molar-refractivity contribution in [3.8, 4) is 0 Å². The molecule has 1 aliphatic rings. The third-order valence-corrected chi connectivity index (χ3v) is 6.22. The average molecular weight is 305 g/mol. The van der Waals surface area contributed by atoms with Gasteiger partial charge in [-0.3, -0.25) is 0 Å². The Morgan fingerprint density at radius 1 is 1.25 bits per heavy atom. The number of piperidine rings is 1. The topological polar surface area (TPSA) is 49.4 Å². The summed E-state index contributed by atoms with van der Waals surface area (Å²) in [7, 11) is -2.79. The lowest BCUT2D eigenvalue weighted by molar-refractivity contribution is 0.163. The van der Waals surface area contributed by atoms with Gasteiger partial charge in [-0.15, -0.1) is 0 Å². The highest BCUT2D eigenvalue weighted by molar-refractivity contribution is 7.91. The monoisotopic (exact) mass is 304 g/mol. The predicted molar refractivity (Wildman–Crippen MR) is 85.9 cm³/mol. The molecule has 1 fully saturated rings. The third kappa shape index (κ3) is 6.55. The normalized spacial score (nSPS) is 20.1. The van der Waals surface area contributed by atoms with Crippen LogP contribution in [0, 0.1) is 5.92 Å². The van der Waals surface area contributed by atoms with E-state index in [4.69, 9.17) is 0 Å². The zero-order valence-electron chi connectivity index (χ0n) is 13.4. The molecule has 1 saturated heterocycles. The number of nitrogens with zero attached hydrogens (tertiary/aromatic N) is 1. The van der Waals surface area contributed by atoms with Gasteiger partial charge in [-0.1, -0.05) is 13.8 Å². The number of likely N-dealkylation sites (tertiary alicyclic amines) is 1. The van der Waals surface area contributed by atoms with Gasteiger partial charge in [0, 0.05) is 11.8 Å². The van der Waals surface area contributed by atoms with Crippen molar-refractivity contribution in [2.75, 3.05) is 37.7 Å². The molecule has 1 rings (SSSR count). The van der Waals surface area contributed by atoms with Gasteiger partial charge < -0.3 is 10.2 Å². The second-order valence-corrected chi connectivity index (χ2v) is 8.48. The van der Waals surface area contributed by atoms with Crippen molar-refractivity contribution in [2.45, 2.75) is 52.5 Å². The van der Waals surface area contributed by atoms with Crippen LogP contribution < -0.4 is 5.32 Å². The molecule has 0 radical (unpaired) electrons. The van der Waals surface area contributed by atoms with Gasteiger partial charge in [-0.2, -0.15) is 0 Å². The zero-order valence-corrected chi connectivity index (χ0v) is 14.2. The minimum atomic E-state index is -2.79. The first kappa shape index (κ1) is 17.9. The van der Waals surface area contributed by atoms with E-state index in [-0.39, 0.29) is 5.75 Å². The Bertz CT molecular complexity index is 349. The fourth-order valence-electron chi connectivity index (χ4n) is 2.87. The van der Waals surface area contributed by atoms with Gasteiger partial charge in [0.25, 0.3) is 0 Å². The highest BCUT2D eigenvalue weighted by Gasteiger charge is 2.23. The smallest absolute Gasteiger partial charge is 0.150 e. The summed E-state index contributed by atoms with van der Waals surface area (Å²) < 4.78 is 22.9. The fourth-order valence-corrected chi connectivity index (χ4v) is 3.73. The molecule has 120 valence electrons. The number of hydrogen-bond acceptors (Lipinski definition) is 4. The maximum absolute atomic E-state index is 11.5. The molecular formula is C15H32N2O2S. The van der Waals surface area contributed by atoms with E-state index in [9.17, 15) is 8.42 Å². The van der Waals surface area contributed by atoms with Crippen molar-refractivity contribution in [2.24, 2.45) is 5.92 Å². The summed E-state index contributed by atoms with van der Waals surface area (Å²) in [6.07, 6.45) is 4.44. The van der Waals surface area contributed by atoms with E-state index in [1.54, 1.807) is 6.92 Å². The number of sulfone groups is 1. The Morgan fingerprint density at radius 2 is 1.90 bits per heavy atom. The molecule has 0 saturated carbocycles. The third-order valence-electron chi connectivity index (χ3n) is 4.43. The van der Waals surface area contributed by atoms with Crippen LogP contribution in [-0.2, 0) is 9.84 Å². The first-order chi connectivity index (χ1) is 9.48. The Kier molecular flexibility index (Phi) is 8.07. The molecule has 1 atom stereocenters. The summed E-state index contributed by atoms with van der Waals surface area (Å²) in [5, 5.41) is 3.59. The van der Waals surface area contributed by atoms with Crippen LogP contribution in [0.25, 0.3) is 0 Å². The van der Waals surface area contributed by atoms with Crippen molar-refractivity contribution in [1.82, 2.24) is 10.2 Å². The van der Waals surface area contributed by atoms with Gasteiger partial charge in [0.15, 0.2) is 0 Å². The molecule has 5 heteroatoms. The second-order valence-electron chi connectivity index (χ2n) is 6.01. The van der Waals surface area contributed by atoms with E-state index in [0.29, 0.717) is 11.8 Å². The lowest BCUT2D eigenvalue weighted by Gasteiger charge is -2.35. The number of nitrogens with one attached hydrogen (secondary N) is 1. The second kappa shape index (κ2) is 9.00. The first-order valence-electron chi connectivity index (χ1n) is 8.14. The summed E-state index contributed by atoms with van der Waals surface area (Å²) >= 11 is 0. The van der Waals surface area contributed by atoms with E-state index >= 15 is 0 Å². The standard InChI is InChI=1S/C15H32N2O2S/c1-4-9-16-14(3)15-7-11-17(12-8-15)10-6-13-20(18,19)5-2/h14-16H,4-13H2,1-3H3. The number of rotatable bonds is 9. The van der Waals surface area contributed by atoms with Gasteiger partial charge in [0.2, 0.25) is 0 Å². The molecule has 0 aromatic carbocycles. The van der Waals surface area contributed by atoms with E-state index < -0.39 is 9.84 Å². The fraction of sp³-hybridized carbons (Fsp3) is 1.00. The van der Waals surface area contributed by atoms with Crippen LogP contribution in [0.2, 0.25) is 0 Å². The molecule has 0 aromatic rings. The molecule has 1 unspecified atom stereocenters. The molecule has 4 nitrogen and oxygen atoms in total. The van der Waals surface area contributed by atoms with E-state index in [2.05, 4.69) is 24.1 Å². The van der Waals surface area contributed by atoms with Crippen molar-refractivity contribution in [1.29, 1.82) is 0 Å². The lowest BCUT2D eigenvalue weighted by Crippen LogP contribution is -2.42. The average Bonchev–Trinajstić information content (AvgIpc) is 2.45. The van der Waals surface area contributed by atoms with Gasteiger partial charge >= 0.3 is 0 Å². The van der Waals surface area contributed by atoms with E-state index in [1.807, 2.05) is 0 Å². The molecule has 20 heavy (non-hydrogen) atoms. The summed E-state index contributed by atoms with van der Waals surface area (Å²) in [5.41, 5.74) is 0. The lowest BCUT2D eigenvalue weighted by atomic mass is 9.90. The Labute approximate surface area is 125 Å². The van der Waals surface area contributed by atoms with E-state index in [0.717, 1.165) is 38.5 Å². The van der Waals surface area contributed by atoms with Gasteiger partial charge in [-0.05, 0) is 64.7 Å². The highest BCUT2D eigenvalue weighted by atomic mass is 32.2. The zero-order chi connectivity index (χ0) is 15.0. The molecule has 1 aliphatic heterocycles. The van der Waals surface area contributed by atoms with Crippen molar-refractivity contribution < 1.29 is 8.42 Å². The van der Waals surface area contributed by atoms with Crippen LogP contribution in [0.1, 0.15) is 46.5 Å². The molecule has 0 aliphatic carbocycles. The molecule has 0 spiro atoms. The predicted octanol–water partition coefficient (Wildman–Crippen LogP) is 1.91. The van der Waals surface area contributed by atoms with Gasteiger partial charge in [0.05, 0.1) is 5.75 Å². The van der Waals surface area contributed by atoms with Crippen LogP contribution in [0.4, 0.5) is 0 Å². The highest BCUT2D eigenvalue weighted by Crippen LogP contribution is 2.20. The molecule has 0 bridgehead atoms. The van der Waals surface area contributed by atoms with Crippen molar-refractivity contribution >= 4 is 9.84 Å². The molecule has 1 N–H and O–H groups in total. The Morgan fingerprint density at radius 3 is 2.45 bits per heavy atom. The molecular weight excluding hydrogens is 272 g/mol. The van der Waals surface area contributed by atoms with Crippen molar-refractivity contribution in [3.63, 3.8) is 0 Å². The largest absolute Gasteiger partial charge is 0.314 e. The SMILES string of the molecule is CCCNC(C)C1CCN(CCCS(=O)(=O)CC)CC1. The van der Waals surface area contributed by atoms with Gasteiger partial charge in [-0.25, -0.2) is 8.42 Å². The number of hydrogen-bond donors (Lipinski definition) is 1. The van der Waals surface area contributed by atoms with Crippen LogP contribution in [0.3, 0.4) is 0 Å². The maximum Gasteiger partial charge on any atom is 0.150 e. The minimum Gasteiger partial charge on any atom is -0.314 e. The Balaban J connectivity index is 2.19.